The zero-order valence-electron chi connectivity index (χ0n) is 5.84. The van der Waals surface area contributed by atoms with Crippen molar-refractivity contribution in [3.05, 3.63) is 11.1 Å². The highest BCUT2D eigenvalue weighted by molar-refractivity contribution is 8.01. The number of carbonyl (C=O) groups is 1. The van der Waals surface area contributed by atoms with E-state index in [9.17, 15) is 4.79 Å². The first-order valence-corrected chi connectivity index (χ1v) is 3.90. The van der Waals surface area contributed by atoms with Crippen LogP contribution in [0.5, 0.6) is 0 Å². The second-order valence-electron chi connectivity index (χ2n) is 1.46. The first-order valence-electron chi connectivity index (χ1n) is 2.61. The normalized spacial score (nSPS) is 10.9. The highest BCUT2D eigenvalue weighted by Gasteiger charge is 2.03. The lowest BCUT2D eigenvalue weighted by molar-refractivity contribution is -0.125. The SMILES string of the molecule is CN/C(=C\SC)C(=O)NO. The maximum absolute atomic E-state index is 10.6. The molecule has 0 aliphatic carbocycles. The predicted molar refractivity (Wildman–Crippen MR) is 40.6 cm³/mol. The van der Waals surface area contributed by atoms with Crippen LogP contribution in [0.15, 0.2) is 11.1 Å². The maximum Gasteiger partial charge on any atom is 0.291 e. The number of nitrogens with one attached hydrogen (secondary N) is 2. The summed E-state index contributed by atoms with van der Waals surface area (Å²) in [6.07, 6.45) is 1.82. The summed E-state index contributed by atoms with van der Waals surface area (Å²) in [4.78, 5) is 10.6. The number of hydroxylamine groups is 1. The van der Waals surface area contributed by atoms with E-state index in [-0.39, 0.29) is 0 Å². The third-order valence-corrected chi connectivity index (χ3v) is 1.32. The molecule has 5 heteroatoms. The Balaban J connectivity index is 4.06. The molecule has 0 bridgehead atoms. The van der Waals surface area contributed by atoms with Crippen molar-refractivity contribution in [3.63, 3.8) is 0 Å². The van der Waals surface area contributed by atoms with Gasteiger partial charge in [-0.3, -0.25) is 10.0 Å². The Kier molecular flexibility index (Phi) is 4.78. The van der Waals surface area contributed by atoms with Crippen LogP contribution < -0.4 is 10.8 Å². The summed E-state index contributed by atoms with van der Waals surface area (Å²) in [5.74, 6) is -0.531. The Morgan fingerprint density at radius 1 is 1.70 bits per heavy atom. The van der Waals surface area contributed by atoms with Gasteiger partial charge in [0, 0.05) is 7.05 Å². The summed E-state index contributed by atoms with van der Waals surface area (Å²) < 4.78 is 0. The van der Waals surface area contributed by atoms with Crippen LogP contribution in [-0.2, 0) is 4.79 Å². The molecule has 0 aromatic rings. The molecule has 0 spiro atoms. The zero-order chi connectivity index (χ0) is 7.98. The van der Waals surface area contributed by atoms with Crippen molar-refractivity contribution >= 4 is 17.7 Å². The average molecular weight is 162 g/mol. The van der Waals surface area contributed by atoms with Gasteiger partial charge in [0.05, 0.1) is 0 Å². The number of amides is 1. The van der Waals surface area contributed by atoms with Crippen LogP contribution in [0.1, 0.15) is 0 Å². The number of thioether (sulfide) groups is 1. The van der Waals surface area contributed by atoms with Crippen molar-refractivity contribution in [3.8, 4) is 0 Å². The van der Waals surface area contributed by atoms with Gasteiger partial charge in [-0.05, 0) is 11.7 Å². The summed E-state index contributed by atoms with van der Waals surface area (Å²) in [5.41, 5.74) is 1.86. The standard InChI is InChI=1S/C5H10N2O2S/c1-6-4(3-10-2)5(8)7-9/h3,6,9H,1-2H3,(H,7,8)/b4-3-. The molecule has 10 heavy (non-hydrogen) atoms. The van der Waals surface area contributed by atoms with Crippen molar-refractivity contribution in [1.82, 2.24) is 10.8 Å². The molecule has 0 saturated carbocycles. The third kappa shape index (κ3) is 2.75. The summed E-state index contributed by atoms with van der Waals surface area (Å²) >= 11 is 1.38. The second kappa shape index (κ2) is 5.13. The van der Waals surface area contributed by atoms with E-state index in [2.05, 4.69) is 5.32 Å². The molecule has 0 rings (SSSR count). The molecule has 0 unspecified atom stereocenters. The monoisotopic (exact) mass is 162 g/mol. The van der Waals surface area contributed by atoms with Crippen LogP contribution in [0, 0.1) is 0 Å². The van der Waals surface area contributed by atoms with E-state index in [4.69, 9.17) is 5.21 Å². The topological polar surface area (TPSA) is 61.4 Å². The third-order valence-electron chi connectivity index (χ3n) is 0.851. The molecular formula is C5H10N2O2S. The Morgan fingerprint density at radius 3 is 2.60 bits per heavy atom. The Bertz CT molecular complexity index is 147. The van der Waals surface area contributed by atoms with Crippen LogP contribution >= 0.6 is 11.8 Å². The number of hydrogen-bond donors (Lipinski definition) is 3. The van der Waals surface area contributed by atoms with Gasteiger partial charge in [0.2, 0.25) is 0 Å². The van der Waals surface area contributed by atoms with Gasteiger partial charge in [-0.1, -0.05) is 0 Å². The molecule has 0 aromatic carbocycles. The lowest BCUT2D eigenvalue weighted by atomic mass is 10.5. The lowest BCUT2D eigenvalue weighted by Gasteiger charge is -2.01. The van der Waals surface area contributed by atoms with Crippen molar-refractivity contribution in [2.45, 2.75) is 0 Å². The maximum atomic E-state index is 10.6. The zero-order valence-corrected chi connectivity index (χ0v) is 6.66. The van der Waals surface area contributed by atoms with Crippen molar-refractivity contribution in [2.75, 3.05) is 13.3 Å². The van der Waals surface area contributed by atoms with Crippen molar-refractivity contribution in [2.24, 2.45) is 0 Å². The van der Waals surface area contributed by atoms with Crippen molar-refractivity contribution in [1.29, 1.82) is 0 Å². The van der Waals surface area contributed by atoms with Crippen LogP contribution in [0.2, 0.25) is 0 Å². The van der Waals surface area contributed by atoms with Gasteiger partial charge >= 0.3 is 0 Å². The minimum absolute atomic E-state index is 0.343. The molecule has 58 valence electrons. The van der Waals surface area contributed by atoms with E-state index in [1.807, 2.05) is 6.26 Å². The van der Waals surface area contributed by atoms with E-state index >= 15 is 0 Å². The van der Waals surface area contributed by atoms with E-state index in [1.165, 1.54) is 17.2 Å². The molecule has 0 radical (unpaired) electrons. The smallest absolute Gasteiger partial charge is 0.291 e. The molecule has 0 aromatic heterocycles. The predicted octanol–water partition coefficient (Wildman–Crippen LogP) is -0.0844. The molecular weight excluding hydrogens is 152 g/mol. The van der Waals surface area contributed by atoms with Crippen LogP contribution in [0.25, 0.3) is 0 Å². The molecule has 0 atom stereocenters. The summed E-state index contributed by atoms with van der Waals surface area (Å²) in [7, 11) is 1.61. The molecule has 0 fully saturated rings. The minimum Gasteiger partial charge on any atom is -0.383 e. The van der Waals surface area contributed by atoms with Gasteiger partial charge in [-0.2, -0.15) is 0 Å². The first-order chi connectivity index (χ1) is 4.76. The largest absolute Gasteiger partial charge is 0.383 e. The number of hydrogen-bond acceptors (Lipinski definition) is 4. The molecule has 3 N–H and O–H groups in total. The van der Waals surface area contributed by atoms with E-state index < -0.39 is 5.91 Å². The summed E-state index contributed by atoms with van der Waals surface area (Å²) in [6.45, 7) is 0. The molecule has 1 amide bonds. The second-order valence-corrected chi connectivity index (χ2v) is 2.17. The van der Waals surface area contributed by atoms with Crippen molar-refractivity contribution < 1.29 is 10.0 Å². The van der Waals surface area contributed by atoms with Gasteiger partial charge in [-0.25, -0.2) is 5.48 Å². The lowest BCUT2D eigenvalue weighted by Crippen LogP contribution is -2.27. The fourth-order valence-electron chi connectivity index (χ4n) is 0.404. The summed E-state index contributed by atoms with van der Waals surface area (Å²) in [5, 5.41) is 12.4. The molecule has 4 nitrogen and oxygen atoms in total. The highest BCUT2D eigenvalue weighted by Crippen LogP contribution is 1.98. The Morgan fingerprint density at radius 2 is 2.30 bits per heavy atom. The average Bonchev–Trinajstić information content (AvgIpc) is 1.99. The van der Waals surface area contributed by atoms with E-state index in [0.29, 0.717) is 5.70 Å². The van der Waals surface area contributed by atoms with E-state index in [1.54, 1.807) is 12.5 Å². The molecule has 0 aliphatic rings. The highest BCUT2D eigenvalue weighted by atomic mass is 32.2. The molecule has 0 heterocycles. The summed E-state index contributed by atoms with van der Waals surface area (Å²) in [6, 6.07) is 0. The van der Waals surface area contributed by atoms with Gasteiger partial charge in [0.15, 0.2) is 0 Å². The van der Waals surface area contributed by atoms with Gasteiger partial charge in [-0.15, -0.1) is 11.8 Å². The van der Waals surface area contributed by atoms with Crippen LogP contribution in [0.3, 0.4) is 0 Å². The van der Waals surface area contributed by atoms with Gasteiger partial charge in [0.1, 0.15) is 5.70 Å². The fourth-order valence-corrected chi connectivity index (χ4v) is 0.865. The minimum atomic E-state index is -0.531. The van der Waals surface area contributed by atoms with Crippen LogP contribution in [0.4, 0.5) is 0 Å². The Labute approximate surface area is 63.6 Å². The number of likely N-dealkylation sites (N-methyl/N-ethyl adjacent to an activating group) is 1. The first kappa shape index (κ1) is 9.32. The van der Waals surface area contributed by atoms with Gasteiger partial charge < -0.3 is 5.32 Å². The van der Waals surface area contributed by atoms with Gasteiger partial charge in [0.25, 0.3) is 5.91 Å². The quantitative estimate of drug-likeness (QED) is 0.308. The van der Waals surface area contributed by atoms with E-state index in [0.717, 1.165) is 0 Å². The fraction of sp³-hybridized carbons (Fsp3) is 0.400. The molecule has 0 aliphatic heterocycles. The van der Waals surface area contributed by atoms with Crippen LogP contribution in [-0.4, -0.2) is 24.4 Å². The number of carbonyl (C=O) groups excluding carboxylic acids is 1. The molecule has 0 saturated heterocycles. The number of rotatable bonds is 3. The Hall–Kier alpha value is -0.680.